The summed E-state index contributed by atoms with van der Waals surface area (Å²) in [6.45, 7) is 1.21. The van der Waals surface area contributed by atoms with E-state index in [4.69, 9.17) is 15.8 Å². The van der Waals surface area contributed by atoms with Gasteiger partial charge in [0.05, 0.1) is 29.2 Å². The number of aliphatic imine (C=N–C) groups is 2. The van der Waals surface area contributed by atoms with Gasteiger partial charge in [0.2, 0.25) is 5.70 Å². The molecule has 1 saturated carbocycles. The Hall–Kier alpha value is -3.10. The minimum absolute atomic E-state index is 0.0729. The number of amidine groups is 1. The highest BCUT2D eigenvalue weighted by Gasteiger charge is 2.49. The molecule has 0 radical (unpaired) electrons. The molecule has 174 valence electrons. The quantitative estimate of drug-likeness (QED) is 0.427. The maximum atomic E-state index is 7.01. The molecule has 1 aromatic heterocycles. The molecule has 1 unspecified atom stereocenters. The van der Waals surface area contributed by atoms with E-state index < -0.39 is 0 Å². The first-order chi connectivity index (χ1) is 17.2. The highest BCUT2D eigenvalue weighted by molar-refractivity contribution is 7.99. The number of rotatable bonds is 4. The third kappa shape index (κ3) is 3.50. The predicted octanol–water partition coefficient (Wildman–Crippen LogP) is 4.90. The second-order valence-electron chi connectivity index (χ2n) is 9.70. The number of thioether (sulfide) groups is 1. The van der Waals surface area contributed by atoms with E-state index in [0.29, 0.717) is 12.0 Å². The van der Waals surface area contributed by atoms with Crippen molar-refractivity contribution < 1.29 is 4.59 Å². The summed E-state index contributed by atoms with van der Waals surface area (Å²) in [5, 5.41) is 1.10. The van der Waals surface area contributed by atoms with Crippen molar-refractivity contribution in [2.24, 2.45) is 21.7 Å². The Kier molecular flexibility index (Phi) is 4.99. The van der Waals surface area contributed by atoms with Crippen molar-refractivity contribution in [2.75, 3.05) is 18.2 Å². The van der Waals surface area contributed by atoms with Crippen LogP contribution in [0.3, 0.4) is 0 Å². The maximum Gasteiger partial charge on any atom is 0.264 e. The van der Waals surface area contributed by atoms with Crippen molar-refractivity contribution >= 4 is 34.7 Å². The van der Waals surface area contributed by atoms with Gasteiger partial charge in [0, 0.05) is 41.1 Å². The highest BCUT2D eigenvalue weighted by Crippen LogP contribution is 2.44. The molecule has 2 N–H and O–H groups in total. The standard InChI is InChI=1S/C28H27N6S/c29-34-12-10-30-17-26(34)27(22-14-23(15-22)33-11-13-35-18-33)32-28(34)21-7-6-20-8-9-24(31-25(20)16-21)19-4-2-1-3-5-19/h1-10,12,16-17,22-23H,11,13-15,18,29H2/q+1. The molecular formula is C28H27N6S+. The number of nitrogens with zero attached hydrogens (tertiary/aromatic N) is 5. The van der Waals surface area contributed by atoms with Gasteiger partial charge in [0.25, 0.3) is 5.84 Å². The fourth-order valence-corrected chi connectivity index (χ4v) is 6.62. The number of allylic oxidation sites excluding steroid dienone is 2. The van der Waals surface area contributed by atoms with Gasteiger partial charge in [-0.3, -0.25) is 9.89 Å². The van der Waals surface area contributed by atoms with Crippen LogP contribution >= 0.6 is 11.8 Å². The van der Waals surface area contributed by atoms with Crippen molar-refractivity contribution in [3.05, 3.63) is 90.0 Å². The fraction of sp³-hybridized carbons (Fsp3) is 0.250. The van der Waals surface area contributed by atoms with Crippen LogP contribution in [0.1, 0.15) is 18.4 Å². The summed E-state index contributed by atoms with van der Waals surface area (Å²) in [6, 6.07) is 21.5. The van der Waals surface area contributed by atoms with Crippen LogP contribution in [-0.4, -0.2) is 50.7 Å². The zero-order valence-corrected chi connectivity index (χ0v) is 20.2. The molecule has 7 rings (SSSR count). The molecule has 2 aromatic carbocycles. The number of hydrogen-bond donors (Lipinski definition) is 1. The Morgan fingerprint density at radius 1 is 1.00 bits per heavy atom. The number of hydrogen-bond acceptors (Lipinski definition) is 6. The van der Waals surface area contributed by atoms with Crippen molar-refractivity contribution in [3.63, 3.8) is 0 Å². The zero-order valence-electron chi connectivity index (χ0n) is 19.4. The van der Waals surface area contributed by atoms with E-state index in [0.717, 1.165) is 63.7 Å². The van der Waals surface area contributed by atoms with Gasteiger partial charge in [0.1, 0.15) is 11.9 Å². The summed E-state index contributed by atoms with van der Waals surface area (Å²) in [5.74, 6) is 10.7. The van der Waals surface area contributed by atoms with Crippen molar-refractivity contribution in [1.29, 1.82) is 0 Å². The lowest BCUT2D eigenvalue weighted by Gasteiger charge is -2.40. The monoisotopic (exact) mass is 479 g/mol. The topological polar surface area (TPSA) is 66.9 Å². The molecule has 0 amide bonds. The number of pyridine rings is 1. The van der Waals surface area contributed by atoms with Crippen LogP contribution in [0.4, 0.5) is 0 Å². The third-order valence-electron chi connectivity index (χ3n) is 7.64. The molecule has 0 bridgehead atoms. The van der Waals surface area contributed by atoms with Crippen LogP contribution in [0, 0.1) is 5.92 Å². The Balaban J connectivity index is 1.24. The fourth-order valence-electron chi connectivity index (χ4n) is 5.56. The molecule has 1 atom stereocenters. The maximum absolute atomic E-state index is 7.01. The van der Waals surface area contributed by atoms with Crippen LogP contribution in [-0.2, 0) is 0 Å². The van der Waals surface area contributed by atoms with Gasteiger partial charge in [0.15, 0.2) is 0 Å². The molecule has 0 spiro atoms. The van der Waals surface area contributed by atoms with E-state index in [-0.39, 0.29) is 4.59 Å². The summed E-state index contributed by atoms with van der Waals surface area (Å²) < 4.78 is 0.0729. The molecule has 1 saturated heterocycles. The van der Waals surface area contributed by atoms with Gasteiger partial charge in [-0.05, 0) is 31.0 Å². The predicted molar refractivity (Wildman–Crippen MR) is 143 cm³/mol. The third-order valence-corrected chi connectivity index (χ3v) is 8.62. The Labute approximate surface area is 209 Å². The summed E-state index contributed by atoms with van der Waals surface area (Å²) >= 11 is 2.04. The van der Waals surface area contributed by atoms with Gasteiger partial charge in [-0.15, -0.1) is 16.4 Å². The summed E-state index contributed by atoms with van der Waals surface area (Å²) in [7, 11) is 0. The van der Waals surface area contributed by atoms with Crippen molar-refractivity contribution in [3.8, 4) is 11.3 Å². The first kappa shape index (κ1) is 21.2. The van der Waals surface area contributed by atoms with Crippen LogP contribution in [0.5, 0.6) is 0 Å². The molecule has 4 heterocycles. The molecule has 3 aromatic rings. The lowest BCUT2D eigenvalue weighted by molar-refractivity contribution is -0.750. The van der Waals surface area contributed by atoms with Crippen LogP contribution < -0.4 is 5.84 Å². The van der Waals surface area contributed by atoms with Crippen LogP contribution in [0.2, 0.25) is 0 Å². The normalized spacial score (nSPS) is 27.9. The Morgan fingerprint density at radius 3 is 2.69 bits per heavy atom. The largest absolute Gasteiger partial charge is 0.290 e. The highest BCUT2D eigenvalue weighted by atomic mass is 32.2. The van der Waals surface area contributed by atoms with Crippen molar-refractivity contribution in [1.82, 2.24) is 9.88 Å². The van der Waals surface area contributed by atoms with E-state index in [1.807, 2.05) is 42.4 Å². The number of quaternary nitrogens is 1. The van der Waals surface area contributed by atoms with Gasteiger partial charge in [-0.1, -0.05) is 42.5 Å². The van der Waals surface area contributed by atoms with Gasteiger partial charge in [-0.25, -0.2) is 4.98 Å². The number of benzene rings is 2. The van der Waals surface area contributed by atoms with E-state index in [1.165, 1.54) is 12.3 Å². The molecule has 35 heavy (non-hydrogen) atoms. The lowest BCUT2D eigenvalue weighted by atomic mass is 9.77. The Bertz CT molecular complexity index is 1430. The number of fused-ring (bicyclic) bond motifs is 2. The average Bonchev–Trinajstić information content (AvgIpc) is 3.50. The SMILES string of the molecule is N[N+]12C=CN=CC1=C(C1CC(N3CCSC3)C1)N=C2c1ccc2ccc(-c3ccccc3)nc2c1. The van der Waals surface area contributed by atoms with Gasteiger partial charge < -0.3 is 0 Å². The molecule has 6 nitrogen and oxygen atoms in total. The van der Waals surface area contributed by atoms with Crippen LogP contribution in [0.15, 0.2) is 94.4 Å². The van der Waals surface area contributed by atoms with E-state index in [1.54, 1.807) is 6.20 Å². The van der Waals surface area contributed by atoms with E-state index in [9.17, 15) is 0 Å². The van der Waals surface area contributed by atoms with Crippen molar-refractivity contribution in [2.45, 2.75) is 18.9 Å². The molecule has 7 heteroatoms. The minimum atomic E-state index is 0.0729. The van der Waals surface area contributed by atoms with E-state index in [2.05, 4.69) is 52.4 Å². The zero-order chi connectivity index (χ0) is 23.4. The first-order valence-electron chi connectivity index (χ1n) is 12.2. The number of aromatic nitrogens is 1. The molecule has 4 aliphatic rings. The molecular weight excluding hydrogens is 452 g/mol. The Morgan fingerprint density at radius 2 is 1.86 bits per heavy atom. The second-order valence-corrected chi connectivity index (χ2v) is 10.8. The van der Waals surface area contributed by atoms with Crippen LogP contribution in [0.25, 0.3) is 22.2 Å². The van der Waals surface area contributed by atoms with Gasteiger partial charge in [-0.2, -0.15) is 10.8 Å². The lowest BCUT2D eigenvalue weighted by Crippen LogP contribution is -2.53. The summed E-state index contributed by atoms with van der Waals surface area (Å²) in [4.78, 5) is 17.2. The molecule has 1 aliphatic carbocycles. The van der Waals surface area contributed by atoms with Gasteiger partial charge >= 0.3 is 0 Å². The summed E-state index contributed by atoms with van der Waals surface area (Å²) in [6.07, 6.45) is 7.91. The first-order valence-corrected chi connectivity index (χ1v) is 13.4. The van der Waals surface area contributed by atoms with E-state index >= 15 is 0 Å². The summed E-state index contributed by atoms with van der Waals surface area (Å²) in [5.41, 5.74) is 6.11. The minimum Gasteiger partial charge on any atom is -0.290 e. The smallest absolute Gasteiger partial charge is 0.264 e. The molecule has 3 aliphatic heterocycles. The molecule has 2 fully saturated rings. The number of nitrogens with two attached hydrogens (primary N) is 1. The average molecular weight is 480 g/mol. The second kappa shape index (κ2) is 8.24.